The second-order valence-corrected chi connectivity index (χ2v) is 8.18. The fourth-order valence-corrected chi connectivity index (χ4v) is 4.33. The minimum atomic E-state index is -0.613. The van der Waals surface area contributed by atoms with Crippen LogP contribution in [0.1, 0.15) is 29.5 Å². The van der Waals surface area contributed by atoms with E-state index in [1.807, 2.05) is 60.9 Å². The Bertz CT molecular complexity index is 980. The van der Waals surface area contributed by atoms with Crippen LogP contribution in [0, 0.1) is 11.3 Å². The van der Waals surface area contributed by atoms with E-state index in [1.165, 1.54) is 0 Å². The number of pyridine rings is 1. The average molecular weight is 424 g/mol. The molecule has 1 aliphatic heterocycles. The minimum Gasteiger partial charge on any atom is -0.300 e. The van der Waals surface area contributed by atoms with Gasteiger partial charge >= 0.3 is 0 Å². The van der Waals surface area contributed by atoms with E-state index in [4.69, 9.17) is 0 Å². The van der Waals surface area contributed by atoms with Crippen LogP contribution in [0.25, 0.3) is 0 Å². The Kier molecular flexibility index (Phi) is 7.27. The van der Waals surface area contributed by atoms with Crippen LogP contribution in [0.2, 0.25) is 0 Å². The van der Waals surface area contributed by atoms with Crippen molar-refractivity contribution in [3.8, 4) is 6.07 Å². The molecule has 0 amide bonds. The normalized spacial score (nSPS) is 15.0. The largest absolute Gasteiger partial charge is 0.300 e. The van der Waals surface area contributed by atoms with Gasteiger partial charge in [0.25, 0.3) is 0 Å². The van der Waals surface area contributed by atoms with Crippen molar-refractivity contribution in [3.63, 3.8) is 0 Å². The SMILES string of the molecule is N#CC(CCCN1CCN(/N=C\c2cccnc2)CC1)(c1ccccc1)c1ccccc1. The molecule has 0 atom stereocenters. The van der Waals surface area contributed by atoms with Crippen molar-refractivity contribution in [2.24, 2.45) is 5.10 Å². The van der Waals surface area contributed by atoms with E-state index in [0.29, 0.717) is 0 Å². The van der Waals surface area contributed by atoms with Crippen LogP contribution in [0.4, 0.5) is 0 Å². The predicted molar refractivity (Wildman–Crippen MR) is 128 cm³/mol. The van der Waals surface area contributed by atoms with Gasteiger partial charge in [0.15, 0.2) is 0 Å². The van der Waals surface area contributed by atoms with Crippen LogP contribution in [-0.4, -0.2) is 53.8 Å². The maximum absolute atomic E-state index is 10.3. The van der Waals surface area contributed by atoms with Crippen molar-refractivity contribution in [1.82, 2.24) is 14.9 Å². The number of hydrogen-bond acceptors (Lipinski definition) is 5. The number of piperazine rings is 1. The zero-order valence-electron chi connectivity index (χ0n) is 18.3. The highest BCUT2D eigenvalue weighted by Crippen LogP contribution is 2.36. The average Bonchev–Trinajstić information content (AvgIpc) is 2.88. The third-order valence-electron chi connectivity index (χ3n) is 6.15. The van der Waals surface area contributed by atoms with Gasteiger partial charge in [0.05, 0.1) is 12.3 Å². The molecule has 5 nitrogen and oxygen atoms in total. The third-order valence-corrected chi connectivity index (χ3v) is 6.15. The highest BCUT2D eigenvalue weighted by molar-refractivity contribution is 5.78. The fourth-order valence-electron chi connectivity index (χ4n) is 4.33. The molecular formula is C27H29N5. The summed E-state index contributed by atoms with van der Waals surface area (Å²) in [5, 5.41) is 17.0. The molecule has 2 aromatic carbocycles. The third kappa shape index (κ3) is 5.22. The second-order valence-electron chi connectivity index (χ2n) is 8.18. The van der Waals surface area contributed by atoms with Gasteiger partial charge in [-0.3, -0.25) is 14.9 Å². The molecule has 4 rings (SSSR count). The molecule has 5 heteroatoms. The molecule has 3 aromatic rings. The molecule has 0 saturated carbocycles. The molecule has 1 saturated heterocycles. The highest BCUT2D eigenvalue weighted by atomic mass is 15.5. The van der Waals surface area contributed by atoms with E-state index >= 15 is 0 Å². The number of nitrogens with zero attached hydrogens (tertiary/aromatic N) is 5. The maximum Gasteiger partial charge on any atom is 0.107 e. The fraction of sp³-hybridized carbons (Fsp3) is 0.296. The van der Waals surface area contributed by atoms with Gasteiger partial charge in [-0.15, -0.1) is 0 Å². The Hall–Kier alpha value is -3.49. The molecule has 0 unspecified atom stereocenters. The molecule has 0 aliphatic carbocycles. The van der Waals surface area contributed by atoms with Crippen LogP contribution < -0.4 is 0 Å². The first-order valence-corrected chi connectivity index (χ1v) is 11.2. The van der Waals surface area contributed by atoms with Gasteiger partial charge in [-0.2, -0.15) is 10.4 Å². The smallest absolute Gasteiger partial charge is 0.107 e. The Morgan fingerprint density at radius 3 is 2.12 bits per heavy atom. The molecular weight excluding hydrogens is 394 g/mol. The zero-order valence-corrected chi connectivity index (χ0v) is 18.3. The van der Waals surface area contributed by atoms with E-state index in [2.05, 4.69) is 50.3 Å². The Morgan fingerprint density at radius 2 is 1.56 bits per heavy atom. The van der Waals surface area contributed by atoms with E-state index in [9.17, 15) is 5.26 Å². The van der Waals surface area contributed by atoms with Crippen LogP contribution in [0.3, 0.4) is 0 Å². The van der Waals surface area contributed by atoms with E-state index in [1.54, 1.807) is 6.20 Å². The summed E-state index contributed by atoms with van der Waals surface area (Å²) in [5.74, 6) is 0. The predicted octanol–water partition coefficient (Wildman–Crippen LogP) is 4.32. The highest BCUT2D eigenvalue weighted by Gasteiger charge is 2.34. The number of hydrogen-bond donors (Lipinski definition) is 0. The number of aromatic nitrogens is 1. The van der Waals surface area contributed by atoms with Gasteiger partial charge in [0, 0.05) is 44.1 Å². The van der Waals surface area contributed by atoms with Crippen molar-refractivity contribution >= 4 is 6.21 Å². The first-order valence-electron chi connectivity index (χ1n) is 11.2. The van der Waals surface area contributed by atoms with Crippen molar-refractivity contribution in [3.05, 3.63) is 102 Å². The van der Waals surface area contributed by atoms with E-state index < -0.39 is 5.41 Å². The Balaban J connectivity index is 1.34. The van der Waals surface area contributed by atoms with E-state index in [-0.39, 0.29) is 0 Å². The van der Waals surface area contributed by atoms with Crippen LogP contribution in [0.5, 0.6) is 0 Å². The number of rotatable bonds is 8. The lowest BCUT2D eigenvalue weighted by Crippen LogP contribution is -2.44. The summed E-state index contributed by atoms with van der Waals surface area (Å²) >= 11 is 0. The lowest BCUT2D eigenvalue weighted by atomic mass is 9.72. The first kappa shape index (κ1) is 21.7. The van der Waals surface area contributed by atoms with Crippen LogP contribution >= 0.6 is 0 Å². The number of benzene rings is 2. The summed E-state index contributed by atoms with van der Waals surface area (Å²) in [6, 6.07) is 27.0. The van der Waals surface area contributed by atoms with Gasteiger partial charge in [-0.1, -0.05) is 66.7 Å². The zero-order chi connectivity index (χ0) is 22.1. The van der Waals surface area contributed by atoms with Crippen molar-refractivity contribution < 1.29 is 0 Å². The summed E-state index contributed by atoms with van der Waals surface area (Å²) in [4.78, 5) is 6.60. The second kappa shape index (κ2) is 10.7. The first-order chi connectivity index (χ1) is 15.8. The monoisotopic (exact) mass is 423 g/mol. The van der Waals surface area contributed by atoms with Crippen molar-refractivity contribution in [2.45, 2.75) is 18.3 Å². The Labute approximate surface area is 190 Å². The number of nitriles is 1. The minimum absolute atomic E-state index is 0.613. The van der Waals surface area contributed by atoms with Gasteiger partial charge in [0.1, 0.15) is 5.41 Å². The van der Waals surface area contributed by atoms with Gasteiger partial charge in [-0.05, 0) is 36.6 Å². The lowest BCUT2D eigenvalue weighted by Gasteiger charge is -2.34. The molecule has 2 heterocycles. The van der Waals surface area contributed by atoms with Crippen molar-refractivity contribution in [2.75, 3.05) is 32.7 Å². The summed E-state index contributed by atoms with van der Waals surface area (Å²) < 4.78 is 0. The topological polar surface area (TPSA) is 55.5 Å². The van der Waals surface area contributed by atoms with Gasteiger partial charge in [-0.25, -0.2) is 0 Å². The summed E-state index contributed by atoms with van der Waals surface area (Å²) in [6.45, 7) is 4.79. The molecule has 32 heavy (non-hydrogen) atoms. The number of hydrazone groups is 1. The quantitative estimate of drug-likeness (QED) is 0.506. The Morgan fingerprint density at radius 1 is 0.906 bits per heavy atom. The molecule has 1 aliphatic rings. The van der Waals surface area contributed by atoms with Crippen LogP contribution in [-0.2, 0) is 5.41 Å². The molecule has 0 spiro atoms. The van der Waals surface area contributed by atoms with E-state index in [0.717, 1.165) is 62.3 Å². The molecule has 1 aromatic heterocycles. The summed E-state index contributed by atoms with van der Waals surface area (Å²) in [5.41, 5.74) is 2.55. The van der Waals surface area contributed by atoms with Gasteiger partial charge < -0.3 is 0 Å². The maximum atomic E-state index is 10.3. The molecule has 162 valence electrons. The van der Waals surface area contributed by atoms with Crippen molar-refractivity contribution in [1.29, 1.82) is 5.26 Å². The molecule has 0 radical (unpaired) electrons. The molecule has 0 bridgehead atoms. The summed E-state index contributed by atoms with van der Waals surface area (Å²) in [6.07, 6.45) is 7.24. The molecule has 0 N–H and O–H groups in total. The lowest BCUT2D eigenvalue weighted by molar-refractivity contribution is 0.134. The standard InChI is InChI=1S/C27H29N5/c28-23-27(25-10-3-1-4-11-25,26-12-5-2-6-13-26)14-8-16-31-17-19-32(20-18-31)30-22-24-9-7-15-29-21-24/h1-7,9-13,15,21-22H,8,14,16-20H2/b30-22-. The summed E-state index contributed by atoms with van der Waals surface area (Å²) in [7, 11) is 0. The van der Waals surface area contributed by atoms with Gasteiger partial charge in [0.2, 0.25) is 0 Å². The van der Waals surface area contributed by atoms with Crippen LogP contribution in [0.15, 0.2) is 90.3 Å². The molecule has 1 fully saturated rings.